The Balaban J connectivity index is 0.000000139. The van der Waals surface area contributed by atoms with E-state index in [-0.39, 0.29) is 17.4 Å². The quantitative estimate of drug-likeness (QED) is 0.0522. The summed E-state index contributed by atoms with van der Waals surface area (Å²) in [4.78, 5) is 33.4. The molecule has 68 heavy (non-hydrogen) atoms. The fourth-order valence-electron chi connectivity index (χ4n) is 13.5. The lowest BCUT2D eigenvalue weighted by molar-refractivity contribution is -0.132. The summed E-state index contributed by atoms with van der Waals surface area (Å²) in [5.41, 5.74) is 2.67. The first kappa shape index (κ1) is 50.0. The van der Waals surface area contributed by atoms with Crippen molar-refractivity contribution in [2.45, 2.75) is 108 Å². The highest BCUT2D eigenvalue weighted by Gasteiger charge is 2.68. The van der Waals surface area contributed by atoms with Crippen molar-refractivity contribution in [2.75, 3.05) is 32.8 Å². The van der Waals surface area contributed by atoms with Crippen LogP contribution < -0.4 is 23.7 Å². The van der Waals surface area contributed by atoms with Crippen LogP contribution in [0.5, 0.6) is 34.5 Å². The Kier molecular flexibility index (Phi) is 16.9. The first-order valence-corrected chi connectivity index (χ1v) is 27.1. The van der Waals surface area contributed by atoms with Gasteiger partial charge in [-0.15, -0.1) is 0 Å². The molecule has 0 amide bonds. The standard InChI is InChI=1S/C21H24O3.C21H32O2S2.C15H14O4/c1-16(22)24-20-12-8-18(9-13-20)21(14-4-3-5-15-21)17-6-10-19(23-2)11-7-17;1-11(22)25-13-8-14-15(9-13)17-10-16(14)20-12-6-18(21(17)20)19(7-12)23-4-3-5-24-2;1-11(16)18-13-7-9-15(10-8-13)19-14-5-3-12(17-2)4-6-14/h6-13H,3-5,14-15H2,1-2H3;12-21H,3-10H2,1-2H3;3-10H,1-2H3. The maximum Gasteiger partial charge on any atom is 0.308 e. The number of methoxy groups -OCH3 is 2. The number of rotatable bonds is 14. The van der Waals surface area contributed by atoms with Gasteiger partial charge in [0.25, 0.3) is 0 Å². The number of carbonyl (C=O) groups is 3. The summed E-state index contributed by atoms with van der Waals surface area (Å²) < 4.78 is 32.5. The van der Waals surface area contributed by atoms with E-state index in [0.717, 1.165) is 78.3 Å². The number of fused-ring (bicyclic) bond motifs is 12. The van der Waals surface area contributed by atoms with E-state index < -0.39 is 0 Å². The van der Waals surface area contributed by atoms with Crippen LogP contribution in [-0.4, -0.2) is 61.2 Å². The molecule has 0 saturated heterocycles. The summed E-state index contributed by atoms with van der Waals surface area (Å²) in [7, 11) is 3.31. The third kappa shape index (κ3) is 11.6. The number of ether oxygens (including phenoxy) is 6. The molecule has 4 aromatic rings. The molecular weight excluding hydrogens is 893 g/mol. The van der Waals surface area contributed by atoms with Gasteiger partial charge in [-0.2, -0.15) is 11.8 Å². The Morgan fingerprint density at radius 3 is 1.54 bits per heavy atom. The lowest BCUT2D eigenvalue weighted by atomic mass is 9.64. The van der Waals surface area contributed by atoms with Crippen molar-refractivity contribution >= 4 is 40.6 Å². The van der Waals surface area contributed by atoms with Crippen LogP contribution in [0.15, 0.2) is 97.1 Å². The number of thioether (sulfide) groups is 2. The molecule has 0 heterocycles. The van der Waals surface area contributed by atoms with Crippen molar-refractivity contribution in [1.29, 1.82) is 0 Å². The second kappa shape index (κ2) is 23.0. The zero-order valence-electron chi connectivity index (χ0n) is 40.7. The summed E-state index contributed by atoms with van der Waals surface area (Å²) >= 11 is 3.58. The van der Waals surface area contributed by atoms with Crippen LogP contribution in [0.25, 0.3) is 0 Å². The van der Waals surface area contributed by atoms with Crippen molar-refractivity contribution < 1.29 is 42.8 Å². The molecule has 9 nitrogen and oxygen atoms in total. The van der Waals surface area contributed by atoms with Crippen molar-refractivity contribution in [2.24, 2.45) is 47.3 Å². The highest BCUT2D eigenvalue weighted by Crippen LogP contribution is 2.73. The Hall–Kier alpha value is -4.45. The molecule has 0 aliphatic heterocycles. The van der Waals surface area contributed by atoms with Crippen molar-refractivity contribution in [3.8, 4) is 34.5 Å². The molecule has 10 rings (SSSR count). The first-order chi connectivity index (χ1) is 33.0. The predicted octanol–water partition coefficient (Wildman–Crippen LogP) is 13.0. The Morgan fingerprint density at radius 1 is 0.559 bits per heavy atom. The van der Waals surface area contributed by atoms with Gasteiger partial charge in [-0.3, -0.25) is 14.4 Å². The van der Waals surface area contributed by atoms with Crippen molar-refractivity contribution in [3.05, 3.63) is 108 Å². The van der Waals surface area contributed by atoms with Crippen LogP contribution in [0, 0.1) is 47.3 Å². The van der Waals surface area contributed by atoms with Gasteiger partial charge in [-0.05, 0) is 195 Å². The third-order valence-corrected chi connectivity index (χ3v) is 17.6. The zero-order chi connectivity index (χ0) is 47.8. The van der Waals surface area contributed by atoms with Crippen molar-refractivity contribution in [1.82, 2.24) is 0 Å². The largest absolute Gasteiger partial charge is 0.497 e. The molecule has 4 aromatic carbocycles. The summed E-state index contributed by atoms with van der Waals surface area (Å²) in [6.07, 6.45) is 17.1. The van der Waals surface area contributed by atoms with Gasteiger partial charge in [-0.25, -0.2) is 0 Å². The lowest BCUT2D eigenvalue weighted by Crippen LogP contribution is -2.41. The summed E-state index contributed by atoms with van der Waals surface area (Å²) in [5.74, 6) is 12.5. The van der Waals surface area contributed by atoms with E-state index in [0.29, 0.717) is 39.5 Å². The molecule has 10 unspecified atom stereocenters. The van der Waals surface area contributed by atoms with Gasteiger partial charge in [0.1, 0.15) is 34.5 Å². The maximum atomic E-state index is 11.5. The van der Waals surface area contributed by atoms with Crippen LogP contribution in [0.4, 0.5) is 0 Å². The average Bonchev–Trinajstić information content (AvgIpc) is 4.18. The van der Waals surface area contributed by atoms with Gasteiger partial charge in [0, 0.05) is 38.0 Å². The van der Waals surface area contributed by atoms with E-state index >= 15 is 0 Å². The normalized spacial score (nSPS) is 27.6. The third-order valence-electron chi connectivity index (χ3n) is 15.9. The molecule has 364 valence electrons. The minimum Gasteiger partial charge on any atom is -0.497 e. The maximum absolute atomic E-state index is 11.5. The van der Waals surface area contributed by atoms with Crippen LogP contribution in [0.1, 0.15) is 103 Å². The fourth-order valence-corrected chi connectivity index (χ4v) is 15.0. The average molecular weight is 963 g/mol. The number of hydrogen-bond donors (Lipinski definition) is 0. The summed E-state index contributed by atoms with van der Waals surface area (Å²) in [6, 6.07) is 30.6. The predicted molar refractivity (Wildman–Crippen MR) is 271 cm³/mol. The smallest absolute Gasteiger partial charge is 0.308 e. The molecular formula is C57H70O9S2. The first-order valence-electron chi connectivity index (χ1n) is 24.8. The van der Waals surface area contributed by atoms with E-state index in [2.05, 4.69) is 30.5 Å². The van der Waals surface area contributed by atoms with Gasteiger partial charge < -0.3 is 28.4 Å². The Morgan fingerprint density at radius 2 is 1.04 bits per heavy atom. The van der Waals surface area contributed by atoms with Crippen LogP contribution in [0.3, 0.4) is 0 Å². The molecule has 6 fully saturated rings. The summed E-state index contributed by atoms with van der Waals surface area (Å²) in [6.45, 7) is 5.51. The number of hydrogen-bond acceptors (Lipinski definition) is 11. The van der Waals surface area contributed by atoms with E-state index in [1.54, 1.807) is 57.2 Å². The molecule has 6 saturated carbocycles. The van der Waals surface area contributed by atoms with E-state index in [9.17, 15) is 14.4 Å². The van der Waals surface area contributed by atoms with Crippen LogP contribution in [0.2, 0.25) is 0 Å². The van der Waals surface area contributed by atoms with E-state index in [1.807, 2.05) is 60.3 Å². The molecule has 0 aromatic heterocycles. The molecule has 6 aliphatic rings. The molecule has 10 atom stereocenters. The highest BCUT2D eigenvalue weighted by atomic mass is 32.2. The monoisotopic (exact) mass is 962 g/mol. The minimum atomic E-state index is -0.344. The van der Waals surface area contributed by atoms with Crippen LogP contribution >= 0.6 is 23.5 Å². The summed E-state index contributed by atoms with van der Waals surface area (Å²) in [5, 5.41) is 0.962. The van der Waals surface area contributed by atoms with Gasteiger partial charge >= 0.3 is 11.9 Å². The lowest BCUT2D eigenvalue weighted by Gasteiger charge is -2.43. The van der Waals surface area contributed by atoms with E-state index in [4.69, 9.17) is 28.4 Å². The molecule has 4 bridgehead atoms. The highest BCUT2D eigenvalue weighted by molar-refractivity contribution is 8.14. The number of benzene rings is 4. The fraction of sp³-hybridized carbons (Fsp3) is 0.526. The van der Waals surface area contributed by atoms with E-state index in [1.165, 1.54) is 88.5 Å². The zero-order valence-corrected chi connectivity index (χ0v) is 42.3. The minimum absolute atomic E-state index is 0.0409. The topological polar surface area (TPSA) is 107 Å². The Labute approximate surface area is 412 Å². The van der Waals surface area contributed by atoms with Gasteiger partial charge in [0.15, 0.2) is 5.12 Å². The van der Waals surface area contributed by atoms with Crippen LogP contribution in [-0.2, 0) is 24.5 Å². The molecule has 11 heteroatoms. The SMILES string of the molecule is COc1ccc(C2(c3ccc(OC(C)=O)cc3)CCCCC2)cc1.COc1ccc(Oc2ccc(OC(C)=O)cc2)cc1.CSCCCOC1CC2CC1C1C3CC(C4CC(SC(C)=O)CC43)C21. The number of esters is 2. The molecule has 0 spiro atoms. The van der Waals surface area contributed by atoms with Gasteiger partial charge in [0.05, 0.1) is 20.3 Å². The second-order valence-corrected chi connectivity index (χ2v) is 22.2. The van der Waals surface area contributed by atoms with Gasteiger partial charge in [0.2, 0.25) is 0 Å². The van der Waals surface area contributed by atoms with Crippen molar-refractivity contribution in [3.63, 3.8) is 0 Å². The second-order valence-electron chi connectivity index (χ2n) is 19.7. The van der Waals surface area contributed by atoms with Gasteiger partial charge in [-0.1, -0.05) is 55.3 Å². The molecule has 0 N–H and O–H groups in total. The Bertz CT molecular complexity index is 2280. The molecule has 6 aliphatic carbocycles. The molecule has 0 radical (unpaired) electrons. The number of carbonyl (C=O) groups excluding carboxylic acids is 3.